The second-order valence-electron chi connectivity index (χ2n) is 2.19. The Morgan fingerprint density at radius 1 is 1.50 bits per heavy atom. The maximum Gasteiger partial charge on any atom is 0.00790 e. The van der Waals surface area contributed by atoms with Gasteiger partial charge in [0.25, 0.3) is 0 Å². The van der Waals surface area contributed by atoms with Gasteiger partial charge in [-0.05, 0) is 24.5 Å². The van der Waals surface area contributed by atoms with E-state index in [0.29, 0.717) is 0 Å². The summed E-state index contributed by atoms with van der Waals surface area (Å²) in [4.78, 5) is 0. The molecule has 34 valence electrons. The van der Waals surface area contributed by atoms with Crippen LogP contribution >= 0.6 is 11.8 Å². The molecule has 0 aromatic rings. The maximum atomic E-state index is 2.17. The molecule has 1 saturated heterocycles. The quantitative estimate of drug-likeness (QED) is 0.444. The van der Waals surface area contributed by atoms with Crippen LogP contribution in [0.2, 0.25) is 0 Å². The Morgan fingerprint density at radius 2 is 2.50 bits per heavy atom. The zero-order valence-corrected chi connectivity index (χ0v) is 4.50. The van der Waals surface area contributed by atoms with Crippen LogP contribution in [-0.4, -0.2) is 11.0 Å². The summed E-state index contributed by atoms with van der Waals surface area (Å²) >= 11 is 2.17. The van der Waals surface area contributed by atoms with E-state index in [1.54, 1.807) is 6.42 Å². The smallest absolute Gasteiger partial charge is 0.00790 e. The highest BCUT2D eigenvalue weighted by Gasteiger charge is 2.41. The third-order valence-corrected chi connectivity index (χ3v) is 3.16. The Labute approximate surface area is 42.3 Å². The standard InChI is InChI=1S/C5H8S/c1-2-6-5-3-4(1)5/h4-5H,1-3H2/t4-,5+/m0/s1. The van der Waals surface area contributed by atoms with Crippen LogP contribution in [0.1, 0.15) is 12.8 Å². The number of hydrogen-bond acceptors (Lipinski definition) is 1. The fourth-order valence-corrected chi connectivity index (χ4v) is 2.63. The molecule has 2 rings (SSSR count). The van der Waals surface area contributed by atoms with Crippen molar-refractivity contribution in [2.75, 3.05) is 5.75 Å². The van der Waals surface area contributed by atoms with Gasteiger partial charge in [0.05, 0.1) is 0 Å². The molecule has 1 saturated carbocycles. The van der Waals surface area contributed by atoms with Gasteiger partial charge in [0.1, 0.15) is 0 Å². The van der Waals surface area contributed by atoms with Crippen molar-refractivity contribution in [2.45, 2.75) is 18.1 Å². The lowest BCUT2D eigenvalue weighted by atomic mass is 10.3. The van der Waals surface area contributed by atoms with Gasteiger partial charge < -0.3 is 0 Å². The minimum Gasteiger partial charge on any atom is -0.158 e. The largest absolute Gasteiger partial charge is 0.158 e. The number of fused-ring (bicyclic) bond motifs is 1. The van der Waals surface area contributed by atoms with Gasteiger partial charge in [-0.3, -0.25) is 0 Å². The zero-order valence-electron chi connectivity index (χ0n) is 3.68. The summed E-state index contributed by atoms with van der Waals surface area (Å²) in [6.45, 7) is 0. The van der Waals surface area contributed by atoms with E-state index in [9.17, 15) is 0 Å². The summed E-state index contributed by atoms with van der Waals surface area (Å²) in [5.74, 6) is 2.63. The molecule has 1 heterocycles. The van der Waals surface area contributed by atoms with Crippen LogP contribution in [0.4, 0.5) is 0 Å². The molecule has 0 spiro atoms. The Hall–Kier alpha value is 0.350. The molecule has 0 aromatic heterocycles. The zero-order chi connectivity index (χ0) is 3.98. The van der Waals surface area contributed by atoms with Gasteiger partial charge in [-0.25, -0.2) is 0 Å². The Morgan fingerprint density at radius 3 is 2.67 bits per heavy atom. The molecule has 0 bridgehead atoms. The summed E-state index contributed by atoms with van der Waals surface area (Å²) < 4.78 is 0. The maximum absolute atomic E-state index is 2.17. The van der Waals surface area contributed by atoms with Crippen LogP contribution in [0, 0.1) is 5.92 Å². The molecule has 1 aliphatic carbocycles. The van der Waals surface area contributed by atoms with Crippen molar-refractivity contribution in [1.82, 2.24) is 0 Å². The molecule has 0 nitrogen and oxygen atoms in total. The van der Waals surface area contributed by atoms with Crippen molar-refractivity contribution >= 4 is 11.8 Å². The monoisotopic (exact) mass is 100 g/mol. The van der Waals surface area contributed by atoms with E-state index in [-0.39, 0.29) is 0 Å². The van der Waals surface area contributed by atoms with Crippen LogP contribution in [0.25, 0.3) is 0 Å². The normalized spacial score (nSPS) is 52.0. The van der Waals surface area contributed by atoms with Gasteiger partial charge in [-0.2, -0.15) is 11.8 Å². The van der Waals surface area contributed by atoms with Crippen LogP contribution < -0.4 is 0 Å². The van der Waals surface area contributed by atoms with E-state index in [2.05, 4.69) is 11.8 Å². The Kier molecular flexibility index (Phi) is 0.530. The first-order chi connectivity index (χ1) is 2.97. The van der Waals surface area contributed by atoms with Crippen molar-refractivity contribution in [3.63, 3.8) is 0 Å². The molecular weight excluding hydrogens is 92.1 g/mol. The van der Waals surface area contributed by atoms with Crippen molar-refractivity contribution in [2.24, 2.45) is 5.92 Å². The molecule has 0 N–H and O–H groups in total. The summed E-state index contributed by atoms with van der Waals surface area (Å²) in [6.07, 6.45) is 3.07. The molecule has 2 aliphatic rings. The molecule has 2 fully saturated rings. The minimum atomic E-state index is 1.13. The van der Waals surface area contributed by atoms with Gasteiger partial charge in [-0.15, -0.1) is 0 Å². The molecule has 1 aliphatic heterocycles. The summed E-state index contributed by atoms with van der Waals surface area (Å²) in [5.41, 5.74) is 0. The fraction of sp³-hybridized carbons (Fsp3) is 1.00. The average molecular weight is 100 g/mol. The summed E-state index contributed by atoms with van der Waals surface area (Å²) in [6, 6.07) is 0. The number of thioether (sulfide) groups is 1. The second-order valence-corrected chi connectivity index (χ2v) is 3.54. The number of rotatable bonds is 0. The molecule has 0 radical (unpaired) electrons. The van der Waals surface area contributed by atoms with Crippen molar-refractivity contribution in [3.05, 3.63) is 0 Å². The SMILES string of the molecule is C1C[C@H]2C[C@H]2S1. The lowest BCUT2D eigenvalue weighted by Gasteiger charge is -1.81. The molecule has 0 unspecified atom stereocenters. The van der Waals surface area contributed by atoms with Crippen molar-refractivity contribution in [3.8, 4) is 0 Å². The van der Waals surface area contributed by atoms with Crippen molar-refractivity contribution < 1.29 is 0 Å². The average Bonchev–Trinajstić information content (AvgIpc) is 2.17. The fourth-order valence-electron chi connectivity index (χ4n) is 1.10. The van der Waals surface area contributed by atoms with Crippen LogP contribution in [-0.2, 0) is 0 Å². The summed E-state index contributed by atoms with van der Waals surface area (Å²) in [5, 5.41) is 1.13. The van der Waals surface area contributed by atoms with Gasteiger partial charge in [0.2, 0.25) is 0 Å². The minimum absolute atomic E-state index is 1.13. The van der Waals surface area contributed by atoms with Gasteiger partial charge in [-0.1, -0.05) is 0 Å². The highest BCUT2D eigenvalue weighted by atomic mass is 32.2. The molecular formula is C5H8S. The van der Waals surface area contributed by atoms with E-state index in [4.69, 9.17) is 0 Å². The van der Waals surface area contributed by atoms with E-state index >= 15 is 0 Å². The first kappa shape index (κ1) is 3.36. The third-order valence-electron chi connectivity index (χ3n) is 1.68. The van der Waals surface area contributed by atoms with Crippen LogP contribution in [0.3, 0.4) is 0 Å². The molecule has 0 aromatic carbocycles. The molecule has 6 heavy (non-hydrogen) atoms. The predicted octanol–water partition coefficient (Wildman–Crippen LogP) is 1.51. The number of hydrogen-bond donors (Lipinski definition) is 0. The van der Waals surface area contributed by atoms with Crippen LogP contribution in [0.5, 0.6) is 0 Å². The molecule has 1 heteroatoms. The molecule has 0 amide bonds. The Bertz CT molecular complexity index is 62.3. The van der Waals surface area contributed by atoms with E-state index in [0.717, 1.165) is 5.25 Å². The molecule has 2 atom stereocenters. The lowest BCUT2D eigenvalue weighted by Crippen LogP contribution is -1.68. The van der Waals surface area contributed by atoms with Gasteiger partial charge in [0, 0.05) is 5.25 Å². The highest BCUT2D eigenvalue weighted by Crippen LogP contribution is 2.50. The van der Waals surface area contributed by atoms with Gasteiger partial charge >= 0.3 is 0 Å². The first-order valence-corrected chi connectivity index (χ1v) is 3.63. The van der Waals surface area contributed by atoms with E-state index in [1.807, 2.05) is 0 Å². The Balaban J connectivity index is 2.09. The topological polar surface area (TPSA) is 0 Å². The third kappa shape index (κ3) is 0.320. The second kappa shape index (κ2) is 0.945. The van der Waals surface area contributed by atoms with Gasteiger partial charge in [0.15, 0.2) is 0 Å². The van der Waals surface area contributed by atoms with E-state index < -0.39 is 0 Å². The predicted molar refractivity (Wildman–Crippen MR) is 29.0 cm³/mol. The van der Waals surface area contributed by atoms with Crippen LogP contribution in [0.15, 0.2) is 0 Å². The highest BCUT2D eigenvalue weighted by molar-refractivity contribution is 8.00. The summed E-state index contributed by atoms with van der Waals surface area (Å²) in [7, 11) is 0. The first-order valence-electron chi connectivity index (χ1n) is 2.58. The lowest BCUT2D eigenvalue weighted by molar-refractivity contribution is 0.835. The van der Waals surface area contributed by atoms with E-state index in [1.165, 1.54) is 18.1 Å². The van der Waals surface area contributed by atoms with Crippen molar-refractivity contribution in [1.29, 1.82) is 0 Å².